The maximum atomic E-state index is 12.6. The van der Waals surface area contributed by atoms with E-state index in [1.165, 1.54) is 4.57 Å². The number of aromatic nitrogens is 2. The number of nitrogens with one attached hydrogen (secondary N) is 2. The molecule has 0 atom stereocenters. The number of nitrogens with zero attached hydrogens (tertiary/aromatic N) is 2. The van der Waals surface area contributed by atoms with Gasteiger partial charge < -0.3 is 10.6 Å². The second-order valence-corrected chi connectivity index (χ2v) is 6.26. The molecule has 0 aliphatic rings. The molecule has 1 aromatic carbocycles. The summed E-state index contributed by atoms with van der Waals surface area (Å²) in [5.74, 6) is -0.543. The predicted molar refractivity (Wildman–Crippen MR) is 99.0 cm³/mol. The van der Waals surface area contributed by atoms with Gasteiger partial charge in [0.05, 0.1) is 10.9 Å². The van der Waals surface area contributed by atoms with Gasteiger partial charge in [0.2, 0.25) is 11.8 Å². The normalized spacial score (nSPS) is 10.9. The van der Waals surface area contributed by atoms with Crippen molar-refractivity contribution in [1.29, 1.82) is 0 Å². The van der Waals surface area contributed by atoms with Crippen LogP contribution in [-0.4, -0.2) is 33.5 Å². The zero-order chi connectivity index (χ0) is 19.3. The maximum absolute atomic E-state index is 12.6. The number of para-hydroxylation sites is 1. The van der Waals surface area contributed by atoms with E-state index in [1.54, 1.807) is 31.2 Å². The number of hydrogen-bond acceptors (Lipinski definition) is 4. The molecule has 8 nitrogen and oxygen atoms in total. The Balaban J connectivity index is 2.18. The van der Waals surface area contributed by atoms with E-state index >= 15 is 0 Å². The van der Waals surface area contributed by atoms with Gasteiger partial charge in [0, 0.05) is 25.6 Å². The summed E-state index contributed by atoms with van der Waals surface area (Å²) in [7, 11) is 0. The van der Waals surface area contributed by atoms with Gasteiger partial charge in [-0.05, 0) is 32.9 Å². The molecule has 2 aromatic rings. The highest BCUT2D eigenvalue weighted by atomic mass is 16.2. The summed E-state index contributed by atoms with van der Waals surface area (Å²) < 4.78 is 2.38. The monoisotopic (exact) mass is 360 g/mol. The zero-order valence-corrected chi connectivity index (χ0v) is 15.2. The fraction of sp³-hybridized carbons (Fsp3) is 0.444. The van der Waals surface area contributed by atoms with Crippen LogP contribution < -0.4 is 21.9 Å². The van der Waals surface area contributed by atoms with Crippen molar-refractivity contribution in [3.63, 3.8) is 0 Å². The molecule has 1 aromatic heterocycles. The minimum atomic E-state index is -0.524. The molecule has 26 heavy (non-hydrogen) atoms. The quantitative estimate of drug-likeness (QED) is 0.737. The van der Waals surface area contributed by atoms with Crippen LogP contribution in [0.1, 0.15) is 27.2 Å². The Kier molecular flexibility index (Phi) is 6.32. The molecule has 0 saturated carbocycles. The molecular formula is C18H24N4O4. The number of hydrogen-bond donors (Lipinski definition) is 2. The number of amides is 2. The average Bonchev–Trinajstić information content (AvgIpc) is 2.58. The summed E-state index contributed by atoms with van der Waals surface area (Å²) in [5, 5.41) is 5.76. The third kappa shape index (κ3) is 4.38. The van der Waals surface area contributed by atoms with E-state index in [0.29, 0.717) is 10.9 Å². The first-order valence-electron chi connectivity index (χ1n) is 8.63. The number of carbonyl (C=O) groups excluding carboxylic acids is 2. The van der Waals surface area contributed by atoms with E-state index in [2.05, 4.69) is 10.6 Å². The minimum absolute atomic E-state index is 0.0400. The van der Waals surface area contributed by atoms with Crippen molar-refractivity contribution in [2.75, 3.05) is 6.54 Å². The lowest BCUT2D eigenvalue weighted by molar-refractivity contribution is -0.122. The molecule has 0 unspecified atom stereocenters. The van der Waals surface area contributed by atoms with Crippen molar-refractivity contribution in [3.8, 4) is 0 Å². The largest absolute Gasteiger partial charge is 0.354 e. The smallest absolute Gasteiger partial charge is 0.331 e. The molecule has 0 aliphatic heterocycles. The van der Waals surface area contributed by atoms with Gasteiger partial charge in [-0.3, -0.25) is 23.5 Å². The van der Waals surface area contributed by atoms with Crippen molar-refractivity contribution in [2.24, 2.45) is 0 Å². The Hall–Kier alpha value is -2.90. The van der Waals surface area contributed by atoms with Gasteiger partial charge in [-0.15, -0.1) is 0 Å². The Morgan fingerprint density at radius 1 is 1.08 bits per heavy atom. The van der Waals surface area contributed by atoms with Gasteiger partial charge in [0.1, 0.15) is 6.54 Å². The highest BCUT2D eigenvalue weighted by Gasteiger charge is 2.14. The Morgan fingerprint density at radius 3 is 2.42 bits per heavy atom. The molecule has 0 radical (unpaired) electrons. The molecule has 140 valence electrons. The first-order valence-corrected chi connectivity index (χ1v) is 8.63. The number of carbonyl (C=O) groups is 2. The third-order valence-corrected chi connectivity index (χ3v) is 3.87. The van der Waals surface area contributed by atoms with E-state index in [-0.39, 0.29) is 43.6 Å². The Labute approximate surface area is 150 Å². The lowest BCUT2D eigenvalue weighted by Gasteiger charge is -2.13. The highest BCUT2D eigenvalue weighted by molar-refractivity contribution is 5.82. The molecule has 1 heterocycles. The van der Waals surface area contributed by atoms with Gasteiger partial charge in [0.15, 0.2) is 0 Å². The average molecular weight is 360 g/mol. The molecular weight excluding hydrogens is 336 g/mol. The van der Waals surface area contributed by atoms with Crippen LogP contribution in [0, 0.1) is 0 Å². The van der Waals surface area contributed by atoms with Crippen molar-refractivity contribution >= 4 is 22.7 Å². The van der Waals surface area contributed by atoms with Gasteiger partial charge in [-0.1, -0.05) is 12.1 Å². The van der Waals surface area contributed by atoms with Gasteiger partial charge >= 0.3 is 5.69 Å². The molecule has 0 fully saturated rings. The summed E-state index contributed by atoms with van der Waals surface area (Å²) in [5.41, 5.74) is -0.473. The van der Waals surface area contributed by atoms with Crippen molar-refractivity contribution in [1.82, 2.24) is 19.8 Å². The minimum Gasteiger partial charge on any atom is -0.354 e. The summed E-state index contributed by atoms with van der Waals surface area (Å²) in [6.07, 6.45) is 0.161. The lowest BCUT2D eigenvalue weighted by Crippen LogP contribution is -2.42. The van der Waals surface area contributed by atoms with Crippen LogP contribution >= 0.6 is 0 Å². The van der Waals surface area contributed by atoms with Crippen LogP contribution in [0.3, 0.4) is 0 Å². The molecule has 0 spiro atoms. The lowest BCUT2D eigenvalue weighted by atomic mass is 10.2. The molecule has 0 aliphatic carbocycles. The molecule has 2 amide bonds. The maximum Gasteiger partial charge on any atom is 0.331 e. The number of rotatable bonds is 7. The standard InChI is InChI=1S/C18H24N4O4/c1-4-21-17(25)13-7-5-6-8-14(13)22(18(21)26)11-16(24)19-10-9-15(23)20-12(2)3/h5-8,12H,4,9-11H2,1-3H3,(H,19,24)(H,20,23). The SMILES string of the molecule is CCn1c(=O)c2ccccc2n(CC(=O)NCCC(=O)NC(C)C)c1=O. The van der Waals surface area contributed by atoms with Gasteiger partial charge in [-0.2, -0.15) is 0 Å². The summed E-state index contributed by atoms with van der Waals surface area (Å²) in [6, 6.07) is 6.74. The molecule has 2 N–H and O–H groups in total. The van der Waals surface area contributed by atoms with Crippen LogP contribution in [0.2, 0.25) is 0 Å². The Bertz CT molecular complexity index is 927. The molecule has 0 bridgehead atoms. The second kappa shape index (κ2) is 8.46. The van der Waals surface area contributed by atoms with Crippen LogP contribution in [0.25, 0.3) is 10.9 Å². The third-order valence-electron chi connectivity index (χ3n) is 3.87. The predicted octanol–water partition coefficient (Wildman–Crippen LogP) is 0.214. The van der Waals surface area contributed by atoms with Gasteiger partial charge in [-0.25, -0.2) is 4.79 Å². The van der Waals surface area contributed by atoms with Crippen molar-refractivity contribution in [2.45, 2.75) is 46.3 Å². The van der Waals surface area contributed by atoms with Gasteiger partial charge in [0.25, 0.3) is 5.56 Å². The summed E-state index contributed by atoms with van der Waals surface area (Å²) >= 11 is 0. The van der Waals surface area contributed by atoms with Crippen LogP contribution in [0.4, 0.5) is 0 Å². The van der Waals surface area contributed by atoms with Crippen LogP contribution in [-0.2, 0) is 22.7 Å². The fourth-order valence-electron chi connectivity index (χ4n) is 2.71. The molecule has 0 saturated heterocycles. The van der Waals surface area contributed by atoms with E-state index in [4.69, 9.17) is 0 Å². The van der Waals surface area contributed by atoms with Crippen molar-refractivity contribution < 1.29 is 9.59 Å². The second-order valence-electron chi connectivity index (χ2n) is 6.26. The zero-order valence-electron chi connectivity index (χ0n) is 15.2. The topological polar surface area (TPSA) is 102 Å². The van der Waals surface area contributed by atoms with Crippen molar-refractivity contribution in [3.05, 3.63) is 45.1 Å². The molecule has 2 rings (SSSR count). The highest BCUT2D eigenvalue weighted by Crippen LogP contribution is 2.07. The van der Waals surface area contributed by atoms with Crippen LogP contribution in [0.15, 0.2) is 33.9 Å². The summed E-state index contributed by atoms with van der Waals surface area (Å²) in [4.78, 5) is 48.7. The first-order chi connectivity index (χ1) is 12.3. The van der Waals surface area contributed by atoms with E-state index < -0.39 is 11.6 Å². The number of fused-ring (bicyclic) bond motifs is 1. The Morgan fingerprint density at radius 2 is 1.77 bits per heavy atom. The number of benzene rings is 1. The van der Waals surface area contributed by atoms with E-state index in [1.807, 2.05) is 13.8 Å². The fourth-order valence-corrected chi connectivity index (χ4v) is 2.71. The van der Waals surface area contributed by atoms with Crippen LogP contribution in [0.5, 0.6) is 0 Å². The first kappa shape index (κ1) is 19.4. The van der Waals surface area contributed by atoms with E-state index in [0.717, 1.165) is 4.57 Å². The van der Waals surface area contributed by atoms with E-state index in [9.17, 15) is 19.2 Å². The molecule has 8 heteroatoms. The summed E-state index contributed by atoms with van der Waals surface area (Å²) in [6.45, 7) is 5.60.